The molecule has 3 aromatic carbocycles. The van der Waals surface area contributed by atoms with Gasteiger partial charge in [-0.1, -0.05) is 30.3 Å². The minimum absolute atomic E-state index is 0.0157. The van der Waals surface area contributed by atoms with E-state index in [0.29, 0.717) is 47.0 Å². The van der Waals surface area contributed by atoms with Crippen molar-refractivity contribution in [1.29, 1.82) is 0 Å². The van der Waals surface area contributed by atoms with Gasteiger partial charge in [-0.15, -0.1) is 0 Å². The smallest absolute Gasteiger partial charge is 0.323 e. The largest absolute Gasteiger partial charge is 0.493 e. The van der Waals surface area contributed by atoms with Gasteiger partial charge in [0.15, 0.2) is 11.5 Å². The van der Waals surface area contributed by atoms with Crippen LogP contribution in [0.25, 0.3) is 10.9 Å². The first-order valence-corrected chi connectivity index (χ1v) is 14.2. The van der Waals surface area contributed by atoms with E-state index in [1.807, 2.05) is 48.5 Å². The number of benzene rings is 3. The first-order valence-electron chi connectivity index (χ1n) is 14.2. The quantitative estimate of drug-likeness (QED) is 0.213. The maximum atomic E-state index is 12.3. The van der Waals surface area contributed by atoms with Crippen LogP contribution in [-0.4, -0.2) is 42.7 Å². The lowest BCUT2D eigenvalue weighted by atomic mass is 10.1. The molecule has 9 nitrogen and oxygen atoms in total. The number of hydrogen-bond acceptors (Lipinski definition) is 8. The van der Waals surface area contributed by atoms with Gasteiger partial charge >= 0.3 is 5.97 Å². The number of nitrogens with one attached hydrogen (secondary N) is 1. The Hall–Kier alpha value is -4.63. The molecule has 1 heterocycles. The summed E-state index contributed by atoms with van der Waals surface area (Å²) < 4.78 is 23.2. The molecule has 0 saturated heterocycles. The summed E-state index contributed by atoms with van der Waals surface area (Å²) in [6.45, 7) is 0.621. The van der Waals surface area contributed by atoms with Crippen LogP contribution >= 0.6 is 0 Å². The Morgan fingerprint density at radius 1 is 0.976 bits per heavy atom. The highest BCUT2D eigenvalue weighted by Crippen LogP contribution is 2.37. The Labute approximate surface area is 244 Å². The molecule has 0 bridgehead atoms. The van der Waals surface area contributed by atoms with Crippen molar-refractivity contribution >= 4 is 22.8 Å². The number of nitrogens with zero attached hydrogens (tertiary/aromatic N) is 1. The standard InChI is InChI=1S/C33H35N3O6/c1-39-30-19-26-28(20-31(30)40-18-16-27(34)33(38)42-24-9-5-6-10-24)35-17-15-29(26)41-25-13-11-22(12-14-25)21-36-32(37)23-7-3-2-4-8-23/h2-4,7-8,11-15,17,19-20,24,27H,5-6,9-10,16,18,21,34H2,1H3,(H,36,37)/t27-/m0/s1. The number of carbonyl (C=O) groups excluding carboxylic acids is 2. The topological polar surface area (TPSA) is 122 Å². The number of rotatable bonds is 12. The maximum Gasteiger partial charge on any atom is 0.323 e. The number of carbonyl (C=O) groups is 2. The molecule has 0 unspecified atom stereocenters. The van der Waals surface area contributed by atoms with E-state index in [0.717, 1.165) is 36.6 Å². The fourth-order valence-corrected chi connectivity index (χ4v) is 4.84. The third kappa shape index (κ3) is 7.36. The fourth-order valence-electron chi connectivity index (χ4n) is 4.84. The van der Waals surface area contributed by atoms with Crippen molar-refractivity contribution in [2.45, 2.75) is 50.8 Å². The van der Waals surface area contributed by atoms with Crippen LogP contribution in [0, 0.1) is 0 Å². The molecule has 3 N–H and O–H groups in total. The molecule has 4 aromatic rings. The highest BCUT2D eigenvalue weighted by molar-refractivity contribution is 5.94. The van der Waals surface area contributed by atoms with E-state index in [4.69, 9.17) is 24.7 Å². The van der Waals surface area contributed by atoms with Crippen LogP contribution in [0.1, 0.15) is 48.0 Å². The summed E-state index contributed by atoms with van der Waals surface area (Å²) >= 11 is 0. The zero-order valence-corrected chi connectivity index (χ0v) is 23.6. The van der Waals surface area contributed by atoms with Crippen molar-refractivity contribution < 1.29 is 28.5 Å². The number of fused-ring (bicyclic) bond motifs is 1. The van der Waals surface area contributed by atoms with Gasteiger partial charge < -0.3 is 30.0 Å². The van der Waals surface area contributed by atoms with Crippen LogP contribution in [0.15, 0.2) is 79.0 Å². The molecule has 1 saturated carbocycles. The first kappa shape index (κ1) is 28.9. The van der Waals surface area contributed by atoms with E-state index < -0.39 is 6.04 Å². The predicted octanol–water partition coefficient (Wildman–Crippen LogP) is 5.55. The maximum absolute atomic E-state index is 12.3. The van der Waals surface area contributed by atoms with E-state index in [2.05, 4.69) is 10.3 Å². The molecule has 1 atom stereocenters. The fraction of sp³-hybridized carbons (Fsp3) is 0.303. The van der Waals surface area contributed by atoms with Crippen molar-refractivity contribution in [3.63, 3.8) is 0 Å². The minimum Gasteiger partial charge on any atom is -0.493 e. The Morgan fingerprint density at radius 3 is 2.48 bits per heavy atom. The first-order chi connectivity index (χ1) is 20.5. The van der Waals surface area contributed by atoms with Gasteiger partial charge in [0.25, 0.3) is 5.91 Å². The van der Waals surface area contributed by atoms with Crippen LogP contribution in [0.5, 0.6) is 23.0 Å². The van der Waals surface area contributed by atoms with Crippen LogP contribution in [0.4, 0.5) is 0 Å². The minimum atomic E-state index is -0.748. The van der Waals surface area contributed by atoms with Crippen LogP contribution in [-0.2, 0) is 16.1 Å². The summed E-state index contributed by atoms with van der Waals surface area (Å²) in [5.74, 6) is 1.73. The number of nitrogens with two attached hydrogens (primary N) is 1. The number of amides is 1. The van der Waals surface area contributed by atoms with Crippen molar-refractivity contribution in [3.8, 4) is 23.0 Å². The van der Waals surface area contributed by atoms with E-state index in [9.17, 15) is 9.59 Å². The third-order valence-electron chi connectivity index (χ3n) is 7.20. The second kappa shape index (κ2) is 13.8. The molecule has 5 rings (SSSR count). The van der Waals surface area contributed by atoms with Crippen molar-refractivity contribution in [3.05, 3.63) is 90.1 Å². The number of aromatic nitrogens is 1. The molecule has 218 valence electrons. The molecule has 1 aliphatic carbocycles. The molecule has 0 aliphatic heterocycles. The number of esters is 1. The van der Waals surface area contributed by atoms with Crippen LogP contribution < -0.4 is 25.3 Å². The summed E-state index contributed by atoms with van der Waals surface area (Å²) in [5, 5.41) is 3.67. The number of ether oxygens (including phenoxy) is 4. The molecule has 1 aliphatic rings. The van der Waals surface area contributed by atoms with Crippen molar-refractivity contribution in [2.24, 2.45) is 5.73 Å². The Balaban J connectivity index is 1.19. The van der Waals surface area contributed by atoms with Gasteiger partial charge in [0.2, 0.25) is 0 Å². The Morgan fingerprint density at radius 2 is 1.74 bits per heavy atom. The molecule has 1 fully saturated rings. The monoisotopic (exact) mass is 569 g/mol. The molecule has 42 heavy (non-hydrogen) atoms. The highest BCUT2D eigenvalue weighted by Gasteiger charge is 2.23. The molecule has 9 heteroatoms. The lowest BCUT2D eigenvalue weighted by Gasteiger charge is -2.17. The van der Waals surface area contributed by atoms with Gasteiger partial charge in [-0.25, -0.2) is 0 Å². The SMILES string of the molecule is COc1cc2c(Oc3ccc(CNC(=O)c4ccccc4)cc3)ccnc2cc1OCC[C@H](N)C(=O)OC1CCCC1. The second-order valence-corrected chi connectivity index (χ2v) is 10.2. The summed E-state index contributed by atoms with van der Waals surface area (Å²) in [6, 6.07) is 21.3. The van der Waals surface area contributed by atoms with Gasteiger partial charge in [-0.2, -0.15) is 0 Å². The van der Waals surface area contributed by atoms with Gasteiger partial charge in [-0.05, 0) is 67.6 Å². The van der Waals surface area contributed by atoms with Crippen LogP contribution in [0.2, 0.25) is 0 Å². The average Bonchev–Trinajstić information content (AvgIpc) is 3.53. The van der Waals surface area contributed by atoms with Crippen LogP contribution in [0.3, 0.4) is 0 Å². The van der Waals surface area contributed by atoms with Gasteiger partial charge in [0.05, 0.1) is 19.2 Å². The van der Waals surface area contributed by atoms with E-state index in [1.165, 1.54) is 0 Å². The molecule has 1 amide bonds. The highest BCUT2D eigenvalue weighted by atomic mass is 16.5. The summed E-state index contributed by atoms with van der Waals surface area (Å²) in [4.78, 5) is 29.1. The van der Waals surface area contributed by atoms with Crippen molar-refractivity contribution in [2.75, 3.05) is 13.7 Å². The zero-order valence-electron chi connectivity index (χ0n) is 23.6. The molecule has 0 spiro atoms. The van der Waals surface area contributed by atoms with E-state index in [-0.39, 0.29) is 24.6 Å². The van der Waals surface area contributed by atoms with E-state index >= 15 is 0 Å². The second-order valence-electron chi connectivity index (χ2n) is 10.2. The predicted molar refractivity (Wildman–Crippen MR) is 159 cm³/mol. The van der Waals surface area contributed by atoms with Gasteiger partial charge in [-0.3, -0.25) is 14.6 Å². The zero-order chi connectivity index (χ0) is 29.3. The van der Waals surface area contributed by atoms with E-state index in [1.54, 1.807) is 37.6 Å². The van der Waals surface area contributed by atoms with Gasteiger partial charge in [0, 0.05) is 36.2 Å². The molecule has 0 radical (unpaired) electrons. The lowest BCUT2D eigenvalue weighted by molar-refractivity contribution is -0.150. The summed E-state index contributed by atoms with van der Waals surface area (Å²) in [7, 11) is 1.56. The molecular formula is C33H35N3O6. The normalized spacial score (nSPS) is 13.9. The Bertz CT molecular complexity index is 1500. The lowest BCUT2D eigenvalue weighted by Crippen LogP contribution is -2.35. The molecular weight excluding hydrogens is 534 g/mol. The molecule has 1 aromatic heterocycles. The third-order valence-corrected chi connectivity index (χ3v) is 7.20. The van der Waals surface area contributed by atoms with Gasteiger partial charge in [0.1, 0.15) is 23.6 Å². The summed E-state index contributed by atoms with van der Waals surface area (Å²) in [6.07, 6.45) is 5.94. The summed E-state index contributed by atoms with van der Waals surface area (Å²) in [5.41, 5.74) is 8.27. The number of methoxy groups -OCH3 is 1. The number of hydrogen-bond donors (Lipinski definition) is 2. The number of pyridine rings is 1. The van der Waals surface area contributed by atoms with Crippen molar-refractivity contribution in [1.82, 2.24) is 10.3 Å². The Kier molecular flexibility index (Phi) is 9.51. The average molecular weight is 570 g/mol.